The fourth-order valence-corrected chi connectivity index (χ4v) is 2.97. The van der Waals surface area contributed by atoms with Crippen molar-refractivity contribution in [3.05, 3.63) is 35.9 Å². The Morgan fingerprint density at radius 3 is 2.48 bits per heavy atom. The average molecular weight is 319 g/mol. The van der Waals surface area contributed by atoms with Crippen LogP contribution in [0.2, 0.25) is 0 Å². The van der Waals surface area contributed by atoms with Crippen LogP contribution in [0.4, 0.5) is 0 Å². The molecule has 1 fully saturated rings. The number of hydrogen-bond acceptors (Lipinski definition) is 4. The number of hydrogen-bond donors (Lipinski definition) is 3. The molecule has 1 aliphatic rings. The highest BCUT2D eigenvalue weighted by atomic mass is 16.3. The lowest BCUT2D eigenvalue weighted by Crippen LogP contribution is -2.45. The van der Waals surface area contributed by atoms with E-state index in [0.29, 0.717) is 32.5 Å². The maximum Gasteiger partial charge on any atom is 0.246 e. The summed E-state index contributed by atoms with van der Waals surface area (Å²) in [5.41, 5.74) is 6.20. The van der Waals surface area contributed by atoms with Gasteiger partial charge in [0.2, 0.25) is 11.8 Å². The van der Waals surface area contributed by atoms with E-state index in [2.05, 4.69) is 5.32 Å². The number of likely N-dealkylation sites (tertiary alicyclic amines) is 1. The Kier molecular flexibility index (Phi) is 6.12. The molecule has 2 amide bonds. The molecule has 2 atom stereocenters. The van der Waals surface area contributed by atoms with Crippen molar-refractivity contribution < 1.29 is 14.7 Å². The van der Waals surface area contributed by atoms with Gasteiger partial charge in [0.25, 0.3) is 0 Å². The quantitative estimate of drug-likeness (QED) is 0.708. The molecule has 0 saturated carbocycles. The van der Waals surface area contributed by atoms with Gasteiger partial charge in [0.1, 0.15) is 6.10 Å². The predicted molar refractivity (Wildman–Crippen MR) is 87.4 cm³/mol. The van der Waals surface area contributed by atoms with Crippen LogP contribution in [0.1, 0.15) is 31.4 Å². The summed E-state index contributed by atoms with van der Waals surface area (Å²) >= 11 is 0. The lowest BCUT2D eigenvalue weighted by atomic mass is 9.91. The van der Waals surface area contributed by atoms with Gasteiger partial charge in [0.05, 0.1) is 12.6 Å². The van der Waals surface area contributed by atoms with Gasteiger partial charge in [0, 0.05) is 0 Å². The van der Waals surface area contributed by atoms with Gasteiger partial charge in [-0.3, -0.25) is 14.5 Å². The zero-order chi connectivity index (χ0) is 16.8. The largest absolute Gasteiger partial charge is 0.383 e. The topological polar surface area (TPSA) is 95.7 Å². The van der Waals surface area contributed by atoms with Crippen molar-refractivity contribution in [2.45, 2.75) is 31.9 Å². The van der Waals surface area contributed by atoms with Gasteiger partial charge in [-0.15, -0.1) is 0 Å². The molecule has 0 spiro atoms. The fraction of sp³-hybridized carbons (Fsp3) is 0.529. The number of carbonyl (C=O) groups excluding carboxylic acids is 2. The number of benzene rings is 1. The summed E-state index contributed by atoms with van der Waals surface area (Å²) in [6.45, 7) is 3.66. The minimum atomic E-state index is -1.08. The van der Waals surface area contributed by atoms with Crippen LogP contribution in [0, 0.1) is 5.92 Å². The number of nitrogens with two attached hydrogens (primary N) is 1. The molecule has 126 valence electrons. The summed E-state index contributed by atoms with van der Waals surface area (Å²) in [5, 5.41) is 12.7. The van der Waals surface area contributed by atoms with E-state index in [1.54, 1.807) is 0 Å². The Balaban J connectivity index is 1.76. The van der Waals surface area contributed by atoms with Crippen molar-refractivity contribution >= 4 is 11.8 Å². The van der Waals surface area contributed by atoms with Crippen LogP contribution in [-0.2, 0) is 9.59 Å². The highest BCUT2D eigenvalue weighted by Crippen LogP contribution is 2.20. The molecule has 1 aromatic carbocycles. The van der Waals surface area contributed by atoms with Crippen LogP contribution in [0.3, 0.4) is 0 Å². The van der Waals surface area contributed by atoms with Gasteiger partial charge < -0.3 is 16.2 Å². The summed E-state index contributed by atoms with van der Waals surface area (Å²) in [6.07, 6.45) is 0.265. The maximum absolute atomic E-state index is 12.1. The molecule has 4 N–H and O–H groups in total. The normalized spacial score (nSPS) is 19.0. The lowest BCUT2D eigenvalue weighted by Gasteiger charge is -2.33. The molecule has 6 nitrogen and oxygen atoms in total. The fourth-order valence-electron chi connectivity index (χ4n) is 2.97. The lowest BCUT2D eigenvalue weighted by molar-refractivity contribution is -0.130. The van der Waals surface area contributed by atoms with Gasteiger partial charge in [0.15, 0.2) is 0 Å². The van der Waals surface area contributed by atoms with E-state index in [9.17, 15) is 14.7 Å². The molecule has 2 rings (SSSR count). The van der Waals surface area contributed by atoms with E-state index < -0.39 is 12.0 Å². The van der Waals surface area contributed by atoms with Crippen LogP contribution in [0.5, 0.6) is 0 Å². The third kappa shape index (κ3) is 5.04. The Morgan fingerprint density at radius 1 is 1.30 bits per heavy atom. The van der Waals surface area contributed by atoms with E-state index in [-0.39, 0.29) is 17.9 Å². The number of amides is 2. The molecule has 1 aliphatic heterocycles. The summed E-state index contributed by atoms with van der Waals surface area (Å²) in [7, 11) is 0. The molecule has 1 heterocycles. The highest BCUT2D eigenvalue weighted by Gasteiger charge is 2.29. The second kappa shape index (κ2) is 8.08. The van der Waals surface area contributed by atoms with Crippen molar-refractivity contribution in [1.29, 1.82) is 0 Å². The van der Waals surface area contributed by atoms with Crippen molar-refractivity contribution in [3.8, 4) is 0 Å². The van der Waals surface area contributed by atoms with Crippen LogP contribution >= 0.6 is 0 Å². The summed E-state index contributed by atoms with van der Waals surface area (Å²) in [6, 6.07) is 9.80. The second-order valence-corrected chi connectivity index (χ2v) is 6.16. The Hall–Kier alpha value is -1.92. The van der Waals surface area contributed by atoms with Crippen molar-refractivity contribution in [3.63, 3.8) is 0 Å². The molecule has 6 heteroatoms. The number of primary amides is 1. The van der Waals surface area contributed by atoms with E-state index in [1.807, 2.05) is 42.2 Å². The highest BCUT2D eigenvalue weighted by molar-refractivity contribution is 5.79. The standard InChI is InChI=1S/C17H25N3O3/c1-12(13-5-3-2-4-6-13)19-15(21)11-20-9-7-14(8-10-20)16(22)17(18)23/h2-6,12,14,16,22H,7-11H2,1H3,(H2,18,23)(H,19,21)/t12-,16+/m1/s1. The number of rotatable bonds is 6. The van der Waals surface area contributed by atoms with Gasteiger partial charge in [-0.25, -0.2) is 0 Å². The van der Waals surface area contributed by atoms with Crippen LogP contribution in [0.25, 0.3) is 0 Å². The molecular weight excluding hydrogens is 294 g/mol. The first-order valence-corrected chi connectivity index (χ1v) is 8.01. The van der Waals surface area contributed by atoms with Crippen molar-refractivity contribution in [2.24, 2.45) is 11.7 Å². The Morgan fingerprint density at radius 2 is 1.91 bits per heavy atom. The minimum Gasteiger partial charge on any atom is -0.383 e. The predicted octanol–water partition coefficient (Wildman–Crippen LogP) is 0.422. The van der Waals surface area contributed by atoms with E-state index in [4.69, 9.17) is 5.73 Å². The van der Waals surface area contributed by atoms with Crippen molar-refractivity contribution in [1.82, 2.24) is 10.2 Å². The molecule has 0 aromatic heterocycles. The number of carbonyl (C=O) groups is 2. The number of aliphatic hydroxyl groups excluding tert-OH is 1. The van der Waals surface area contributed by atoms with Gasteiger partial charge in [-0.2, -0.15) is 0 Å². The summed E-state index contributed by atoms with van der Waals surface area (Å²) in [4.78, 5) is 25.2. The molecule has 0 bridgehead atoms. The minimum absolute atomic E-state index is 0.0183. The first-order chi connectivity index (χ1) is 11.0. The second-order valence-electron chi connectivity index (χ2n) is 6.16. The molecule has 0 radical (unpaired) electrons. The maximum atomic E-state index is 12.1. The smallest absolute Gasteiger partial charge is 0.246 e. The summed E-state index contributed by atoms with van der Waals surface area (Å²) in [5.74, 6) is -0.789. The van der Waals surface area contributed by atoms with Crippen LogP contribution < -0.4 is 11.1 Å². The van der Waals surface area contributed by atoms with E-state index >= 15 is 0 Å². The molecule has 23 heavy (non-hydrogen) atoms. The number of aliphatic hydroxyl groups is 1. The molecule has 1 aromatic rings. The average Bonchev–Trinajstić information content (AvgIpc) is 2.55. The molecule has 0 aliphatic carbocycles. The van der Waals surface area contributed by atoms with Gasteiger partial charge >= 0.3 is 0 Å². The number of nitrogens with zero attached hydrogens (tertiary/aromatic N) is 1. The number of nitrogens with one attached hydrogen (secondary N) is 1. The molecular formula is C17H25N3O3. The van der Waals surface area contributed by atoms with Gasteiger partial charge in [-0.05, 0) is 44.3 Å². The zero-order valence-corrected chi connectivity index (χ0v) is 13.4. The summed E-state index contributed by atoms with van der Waals surface area (Å²) < 4.78 is 0. The zero-order valence-electron chi connectivity index (χ0n) is 13.4. The van der Waals surface area contributed by atoms with E-state index in [1.165, 1.54) is 0 Å². The third-order valence-electron chi connectivity index (χ3n) is 4.41. The Labute approximate surface area is 136 Å². The number of piperidine rings is 1. The first kappa shape index (κ1) is 17.4. The Bertz CT molecular complexity index is 527. The SMILES string of the molecule is C[C@@H](NC(=O)CN1CCC([C@H](O)C(N)=O)CC1)c1ccccc1. The first-order valence-electron chi connectivity index (χ1n) is 8.01. The molecule has 0 unspecified atom stereocenters. The monoisotopic (exact) mass is 319 g/mol. The molecule has 1 saturated heterocycles. The third-order valence-corrected chi connectivity index (χ3v) is 4.41. The van der Waals surface area contributed by atoms with Crippen LogP contribution in [0.15, 0.2) is 30.3 Å². The van der Waals surface area contributed by atoms with Crippen LogP contribution in [-0.4, -0.2) is 47.6 Å². The van der Waals surface area contributed by atoms with Gasteiger partial charge in [-0.1, -0.05) is 30.3 Å². The van der Waals surface area contributed by atoms with Crippen molar-refractivity contribution in [2.75, 3.05) is 19.6 Å². The van der Waals surface area contributed by atoms with E-state index in [0.717, 1.165) is 5.56 Å².